The van der Waals surface area contributed by atoms with Crippen molar-refractivity contribution in [1.29, 1.82) is 0 Å². The number of hydrogen-bond donors (Lipinski definition) is 2. The van der Waals surface area contributed by atoms with Gasteiger partial charge in [0, 0.05) is 30.4 Å². The summed E-state index contributed by atoms with van der Waals surface area (Å²) in [6.45, 7) is 7.05. The number of fused-ring (bicyclic) bond motifs is 1. The van der Waals surface area contributed by atoms with Crippen LogP contribution in [0.4, 0.5) is 0 Å². The largest absolute Gasteiger partial charge is 0.463 e. The van der Waals surface area contributed by atoms with Crippen molar-refractivity contribution in [3.05, 3.63) is 58.8 Å². The first-order valence-corrected chi connectivity index (χ1v) is 11.0. The van der Waals surface area contributed by atoms with Crippen LogP contribution >= 0.6 is 0 Å². The van der Waals surface area contributed by atoms with Crippen molar-refractivity contribution in [3.63, 3.8) is 0 Å². The summed E-state index contributed by atoms with van der Waals surface area (Å²) >= 11 is 0. The fourth-order valence-electron chi connectivity index (χ4n) is 4.63. The molecule has 1 unspecified atom stereocenters. The molecule has 2 aromatic heterocycles. The average molecular weight is 439 g/mol. The third kappa shape index (κ3) is 4.08. The molecule has 8 nitrogen and oxygen atoms in total. The fourth-order valence-corrected chi connectivity index (χ4v) is 4.63. The van der Waals surface area contributed by atoms with Crippen LogP contribution < -0.4 is 11.1 Å². The number of pyridine rings is 1. The van der Waals surface area contributed by atoms with Crippen molar-refractivity contribution in [2.75, 3.05) is 26.4 Å². The van der Waals surface area contributed by atoms with Crippen LogP contribution in [-0.4, -0.2) is 47.5 Å². The Morgan fingerprint density at radius 1 is 1.34 bits per heavy atom. The van der Waals surface area contributed by atoms with Gasteiger partial charge in [0.05, 0.1) is 48.9 Å². The summed E-state index contributed by atoms with van der Waals surface area (Å²) < 4.78 is 13.1. The number of aromatic nitrogens is 2. The van der Waals surface area contributed by atoms with Crippen LogP contribution in [0, 0.1) is 5.41 Å². The minimum atomic E-state index is -0.595. The number of carbonyl (C=O) groups excluding carboxylic acids is 2. The van der Waals surface area contributed by atoms with Gasteiger partial charge in [-0.3, -0.25) is 4.79 Å². The quantitative estimate of drug-likeness (QED) is 0.505. The highest BCUT2D eigenvalue weighted by Gasteiger charge is 2.44. The van der Waals surface area contributed by atoms with E-state index in [4.69, 9.17) is 15.2 Å². The van der Waals surface area contributed by atoms with E-state index >= 15 is 0 Å². The molecule has 32 heavy (non-hydrogen) atoms. The number of dihydropyridines is 1. The van der Waals surface area contributed by atoms with Gasteiger partial charge in [0.1, 0.15) is 5.65 Å². The molecule has 0 spiro atoms. The lowest BCUT2D eigenvalue weighted by molar-refractivity contribution is -0.139. The minimum Gasteiger partial charge on any atom is -0.463 e. The first kappa shape index (κ1) is 22.2. The fraction of sp³-hybridized carbons (Fsp3) is 0.458. The topological polar surface area (TPSA) is 108 Å². The zero-order valence-corrected chi connectivity index (χ0v) is 18.8. The third-order valence-electron chi connectivity index (χ3n) is 5.87. The van der Waals surface area contributed by atoms with Crippen LogP contribution in [0.5, 0.6) is 0 Å². The number of esters is 1. The third-order valence-corrected chi connectivity index (χ3v) is 5.87. The summed E-state index contributed by atoms with van der Waals surface area (Å²) in [6.07, 6.45) is 4.73. The molecule has 3 N–H and O–H groups in total. The number of nitrogens with one attached hydrogen (secondary N) is 1. The van der Waals surface area contributed by atoms with Gasteiger partial charge in [0.25, 0.3) is 0 Å². The summed E-state index contributed by atoms with van der Waals surface area (Å²) in [5, 5.41) is 3.37. The lowest BCUT2D eigenvalue weighted by Gasteiger charge is -2.39. The van der Waals surface area contributed by atoms with Gasteiger partial charge in [0.15, 0.2) is 5.78 Å². The predicted molar refractivity (Wildman–Crippen MR) is 120 cm³/mol. The lowest BCUT2D eigenvalue weighted by atomic mass is 9.69. The van der Waals surface area contributed by atoms with Crippen LogP contribution in [0.2, 0.25) is 0 Å². The Morgan fingerprint density at radius 3 is 2.91 bits per heavy atom. The van der Waals surface area contributed by atoms with Gasteiger partial charge in [-0.15, -0.1) is 0 Å². The Morgan fingerprint density at radius 2 is 2.16 bits per heavy atom. The Kier molecular flexibility index (Phi) is 6.17. The van der Waals surface area contributed by atoms with E-state index in [1.165, 1.54) is 0 Å². The van der Waals surface area contributed by atoms with E-state index in [-0.39, 0.29) is 24.4 Å². The van der Waals surface area contributed by atoms with Crippen molar-refractivity contribution >= 4 is 17.4 Å². The lowest BCUT2D eigenvalue weighted by Crippen LogP contribution is -2.40. The SMILES string of the molecule is CCOC(=O)C1=C(COCCN)NC2=C(C(=O)CC(C)(C)C2)C1c1cnc2ccccn12. The van der Waals surface area contributed by atoms with Crippen LogP contribution in [0.3, 0.4) is 0 Å². The number of imidazole rings is 1. The molecule has 1 atom stereocenters. The molecule has 170 valence electrons. The number of nitrogens with zero attached hydrogens (tertiary/aromatic N) is 2. The van der Waals surface area contributed by atoms with E-state index in [1.807, 2.05) is 28.8 Å². The summed E-state index contributed by atoms with van der Waals surface area (Å²) in [5.74, 6) is -1.03. The average Bonchev–Trinajstić information content (AvgIpc) is 3.16. The molecule has 2 aromatic rings. The Balaban J connectivity index is 1.92. The van der Waals surface area contributed by atoms with Gasteiger partial charge in [-0.2, -0.15) is 0 Å². The molecule has 3 heterocycles. The van der Waals surface area contributed by atoms with Crippen LogP contribution in [0.25, 0.3) is 5.65 Å². The molecular formula is C24H30N4O4. The Bertz CT molecular complexity index is 1110. The molecule has 0 aromatic carbocycles. The van der Waals surface area contributed by atoms with E-state index in [1.54, 1.807) is 13.1 Å². The van der Waals surface area contributed by atoms with Crippen LogP contribution in [0.15, 0.2) is 53.1 Å². The van der Waals surface area contributed by atoms with Crippen molar-refractivity contribution in [3.8, 4) is 0 Å². The van der Waals surface area contributed by atoms with E-state index < -0.39 is 11.9 Å². The van der Waals surface area contributed by atoms with E-state index in [0.717, 1.165) is 17.0 Å². The van der Waals surface area contributed by atoms with Crippen molar-refractivity contribution in [2.24, 2.45) is 11.1 Å². The normalized spacial score (nSPS) is 20.4. The zero-order chi connectivity index (χ0) is 22.9. The number of nitrogens with two attached hydrogens (primary N) is 1. The van der Waals surface area contributed by atoms with Crippen molar-refractivity contribution in [2.45, 2.75) is 39.5 Å². The number of ketones is 1. The smallest absolute Gasteiger partial charge is 0.336 e. The van der Waals surface area contributed by atoms with E-state index in [9.17, 15) is 9.59 Å². The van der Waals surface area contributed by atoms with Crippen LogP contribution in [-0.2, 0) is 19.1 Å². The molecule has 0 fully saturated rings. The highest BCUT2D eigenvalue weighted by atomic mass is 16.5. The number of carbonyl (C=O) groups is 2. The second kappa shape index (κ2) is 8.88. The molecule has 8 heteroatoms. The van der Waals surface area contributed by atoms with E-state index in [0.29, 0.717) is 42.8 Å². The van der Waals surface area contributed by atoms with Gasteiger partial charge in [0.2, 0.25) is 0 Å². The summed E-state index contributed by atoms with van der Waals surface area (Å²) in [4.78, 5) is 31.2. The molecular weight excluding hydrogens is 408 g/mol. The Hall–Kier alpha value is -2.97. The molecule has 0 bridgehead atoms. The van der Waals surface area contributed by atoms with Crippen molar-refractivity contribution in [1.82, 2.24) is 14.7 Å². The molecule has 0 radical (unpaired) electrons. The maximum Gasteiger partial charge on any atom is 0.336 e. The molecule has 0 saturated carbocycles. The first-order valence-electron chi connectivity index (χ1n) is 11.0. The second-order valence-corrected chi connectivity index (χ2v) is 8.96. The van der Waals surface area contributed by atoms with Gasteiger partial charge in [-0.25, -0.2) is 9.78 Å². The van der Waals surface area contributed by atoms with Crippen LogP contribution in [0.1, 0.15) is 45.2 Å². The maximum absolute atomic E-state index is 13.4. The highest BCUT2D eigenvalue weighted by Crippen LogP contribution is 2.46. The highest BCUT2D eigenvalue weighted by molar-refractivity contribution is 6.04. The molecule has 0 amide bonds. The molecule has 1 aliphatic heterocycles. The second-order valence-electron chi connectivity index (χ2n) is 8.96. The number of rotatable bonds is 7. The number of ether oxygens (including phenoxy) is 2. The minimum absolute atomic E-state index is 0.0309. The van der Waals surface area contributed by atoms with Gasteiger partial charge >= 0.3 is 5.97 Å². The first-order chi connectivity index (χ1) is 15.4. The summed E-state index contributed by atoms with van der Waals surface area (Å²) in [5.41, 5.74) is 9.35. The van der Waals surface area contributed by atoms with Gasteiger partial charge in [-0.05, 0) is 30.9 Å². The number of hydrogen-bond acceptors (Lipinski definition) is 7. The van der Waals surface area contributed by atoms with Crippen molar-refractivity contribution < 1.29 is 19.1 Å². The monoisotopic (exact) mass is 438 g/mol. The summed E-state index contributed by atoms with van der Waals surface area (Å²) in [7, 11) is 0. The molecule has 0 saturated heterocycles. The zero-order valence-electron chi connectivity index (χ0n) is 18.8. The number of allylic oxidation sites excluding steroid dienone is 2. The molecule has 1 aliphatic carbocycles. The molecule has 4 rings (SSSR count). The molecule has 2 aliphatic rings. The summed E-state index contributed by atoms with van der Waals surface area (Å²) in [6, 6.07) is 5.70. The Labute approximate surface area is 187 Å². The van der Waals surface area contributed by atoms with Gasteiger partial charge in [-0.1, -0.05) is 19.9 Å². The predicted octanol–water partition coefficient (Wildman–Crippen LogP) is 2.46. The number of Topliss-reactive ketones (excluding diaryl/α,β-unsaturated/α-hetero) is 1. The maximum atomic E-state index is 13.4. The standard InChI is InChI=1S/C24H30N4O4/c1-4-32-23(30)21-16(14-31-10-8-25)27-15-11-24(2,3)12-18(29)20(15)22(21)17-13-26-19-7-5-6-9-28(17)19/h5-7,9,13,22,27H,4,8,10-12,14,25H2,1-3H3. The van der Waals surface area contributed by atoms with Gasteiger partial charge < -0.3 is 24.9 Å². The van der Waals surface area contributed by atoms with E-state index in [2.05, 4.69) is 24.1 Å².